The van der Waals surface area contributed by atoms with Crippen molar-refractivity contribution < 1.29 is 4.79 Å². The predicted molar refractivity (Wildman–Crippen MR) is 73.6 cm³/mol. The Labute approximate surface area is 111 Å². The maximum atomic E-state index is 12.3. The minimum absolute atomic E-state index is 0.274. The van der Waals surface area contributed by atoms with Crippen LogP contribution in [0.4, 0.5) is 4.79 Å². The lowest BCUT2D eigenvalue weighted by atomic mass is 9.99. The van der Waals surface area contributed by atoms with E-state index in [1.165, 1.54) is 25.7 Å². The van der Waals surface area contributed by atoms with Gasteiger partial charge in [0, 0.05) is 32.7 Å². The molecule has 2 atom stereocenters. The molecule has 0 saturated carbocycles. The number of nitrogens with one attached hydrogen (secondary N) is 1. The SMILES string of the molecule is CCCCC(CC)CN1CC2CNCCN2C1=O. The maximum Gasteiger partial charge on any atom is 0.320 e. The van der Waals surface area contributed by atoms with Crippen molar-refractivity contribution in [3.63, 3.8) is 0 Å². The van der Waals surface area contributed by atoms with E-state index in [1.54, 1.807) is 0 Å². The van der Waals surface area contributed by atoms with Crippen molar-refractivity contribution in [3.8, 4) is 0 Å². The van der Waals surface area contributed by atoms with Crippen LogP contribution in [0.1, 0.15) is 39.5 Å². The summed E-state index contributed by atoms with van der Waals surface area (Å²) in [5.74, 6) is 0.684. The Bertz CT molecular complexity index is 282. The van der Waals surface area contributed by atoms with Crippen LogP contribution in [-0.2, 0) is 0 Å². The van der Waals surface area contributed by atoms with E-state index in [0.29, 0.717) is 12.0 Å². The summed E-state index contributed by atoms with van der Waals surface area (Å²) in [5, 5.41) is 3.38. The highest BCUT2D eigenvalue weighted by Crippen LogP contribution is 2.21. The molecule has 104 valence electrons. The first-order valence-electron chi connectivity index (χ1n) is 7.52. The molecule has 2 aliphatic heterocycles. The molecule has 0 bridgehead atoms. The number of piperazine rings is 1. The second-order valence-corrected chi connectivity index (χ2v) is 5.66. The van der Waals surface area contributed by atoms with Crippen molar-refractivity contribution in [2.45, 2.75) is 45.6 Å². The quantitative estimate of drug-likeness (QED) is 0.785. The van der Waals surface area contributed by atoms with Crippen LogP contribution in [-0.4, -0.2) is 54.6 Å². The summed E-state index contributed by atoms with van der Waals surface area (Å²) in [7, 11) is 0. The number of nitrogens with zero attached hydrogens (tertiary/aromatic N) is 2. The summed E-state index contributed by atoms with van der Waals surface area (Å²) in [4.78, 5) is 16.4. The molecule has 18 heavy (non-hydrogen) atoms. The summed E-state index contributed by atoms with van der Waals surface area (Å²) in [6, 6.07) is 0.686. The number of unbranched alkanes of at least 4 members (excludes halogenated alkanes) is 1. The van der Waals surface area contributed by atoms with Gasteiger partial charge in [0.05, 0.1) is 6.04 Å². The van der Waals surface area contributed by atoms with Gasteiger partial charge in [-0.3, -0.25) is 0 Å². The Balaban J connectivity index is 1.87. The molecular formula is C14H27N3O. The second kappa shape index (κ2) is 6.41. The highest BCUT2D eigenvalue weighted by molar-refractivity contribution is 5.77. The third-order valence-electron chi connectivity index (χ3n) is 4.32. The standard InChI is InChI=1S/C14H27N3O/c1-3-5-6-12(4-2)10-16-11-13-9-15-7-8-17(13)14(16)18/h12-13,15H,3-11H2,1-2H3. The molecule has 2 saturated heterocycles. The van der Waals surface area contributed by atoms with Crippen LogP contribution >= 0.6 is 0 Å². The molecule has 0 aromatic carbocycles. The Hall–Kier alpha value is -0.770. The molecule has 1 N–H and O–H groups in total. The van der Waals surface area contributed by atoms with Crippen LogP contribution in [0, 0.1) is 5.92 Å². The lowest BCUT2D eigenvalue weighted by Gasteiger charge is -2.28. The molecule has 2 rings (SSSR count). The fraction of sp³-hybridized carbons (Fsp3) is 0.929. The monoisotopic (exact) mass is 253 g/mol. The Kier molecular flexibility index (Phi) is 4.87. The zero-order valence-corrected chi connectivity index (χ0v) is 11.8. The highest BCUT2D eigenvalue weighted by atomic mass is 16.2. The average Bonchev–Trinajstić information content (AvgIpc) is 2.72. The van der Waals surface area contributed by atoms with Crippen molar-refractivity contribution in [2.24, 2.45) is 5.92 Å². The van der Waals surface area contributed by atoms with Gasteiger partial charge in [0.1, 0.15) is 0 Å². The van der Waals surface area contributed by atoms with E-state index in [0.717, 1.165) is 32.7 Å². The molecule has 0 aromatic rings. The van der Waals surface area contributed by atoms with Gasteiger partial charge in [-0.05, 0) is 12.3 Å². The van der Waals surface area contributed by atoms with Crippen molar-refractivity contribution in [3.05, 3.63) is 0 Å². The molecule has 0 aliphatic carbocycles. The first-order chi connectivity index (χ1) is 8.76. The van der Waals surface area contributed by atoms with E-state index in [2.05, 4.69) is 29.0 Å². The third kappa shape index (κ3) is 2.97. The number of hydrogen-bond donors (Lipinski definition) is 1. The number of fused-ring (bicyclic) bond motifs is 1. The first kappa shape index (κ1) is 13.7. The Morgan fingerprint density at radius 1 is 1.44 bits per heavy atom. The zero-order chi connectivity index (χ0) is 13.0. The normalized spacial score (nSPS) is 25.4. The van der Waals surface area contributed by atoms with Crippen LogP contribution in [0.2, 0.25) is 0 Å². The highest BCUT2D eigenvalue weighted by Gasteiger charge is 2.38. The molecule has 2 amide bonds. The number of carbonyl (C=O) groups excluding carboxylic acids is 1. The van der Waals surface area contributed by atoms with Gasteiger partial charge < -0.3 is 15.1 Å². The zero-order valence-electron chi connectivity index (χ0n) is 11.8. The molecule has 2 fully saturated rings. The van der Waals surface area contributed by atoms with Gasteiger partial charge in [-0.25, -0.2) is 4.79 Å². The molecule has 2 aliphatic rings. The number of hydrogen-bond acceptors (Lipinski definition) is 2. The topological polar surface area (TPSA) is 35.6 Å². The lowest BCUT2D eigenvalue weighted by Crippen LogP contribution is -2.49. The number of urea groups is 1. The van der Waals surface area contributed by atoms with Crippen LogP contribution in [0.15, 0.2) is 0 Å². The molecule has 2 unspecified atom stereocenters. The van der Waals surface area contributed by atoms with E-state index in [1.807, 2.05) is 0 Å². The first-order valence-corrected chi connectivity index (χ1v) is 7.52. The van der Waals surface area contributed by atoms with E-state index in [9.17, 15) is 4.79 Å². The van der Waals surface area contributed by atoms with Gasteiger partial charge in [0.15, 0.2) is 0 Å². The number of rotatable bonds is 6. The summed E-state index contributed by atoms with van der Waals surface area (Å²) in [5.41, 5.74) is 0. The van der Waals surface area contributed by atoms with Crippen molar-refractivity contribution in [2.75, 3.05) is 32.7 Å². The summed E-state index contributed by atoms with van der Waals surface area (Å²) < 4.78 is 0. The van der Waals surface area contributed by atoms with Gasteiger partial charge in [0.2, 0.25) is 0 Å². The van der Waals surface area contributed by atoms with E-state index < -0.39 is 0 Å². The summed E-state index contributed by atoms with van der Waals surface area (Å²) in [6.07, 6.45) is 4.99. The summed E-state index contributed by atoms with van der Waals surface area (Å²) in [6.45, 7) is 9.16. The minimum Gasteiger partial charge on any atom is -0.322 e. The molecular weight excluding hydrogens is 226 g/mol. The predicted octanol–water partition coefficient (Wildman–Crippen LogP) is 1.91. The molecule has 0 aromatic heterocycles. The van der Waals surface area contributed by atoms with E-state index in [-0.39, 0.29) is 6.03 Å². The molecule has 2 heterocycles. The molecule has 4 heteroatoms. The van der Waals surface area contributed by atoms with Crippen molar-refractivity contribution in [1.82, 2.24) is 15.1 Å². The van der Waals surface area contributed by atoms with Gasteiger partial charge in [-0.2, -0.15) is 0 Å². The lowest BCUT2D eigenvalue weighted by molar-refractivity contribution is 0.174. The van der Waals surface area contributed by atoms with E-state index >= 15 is 0 Å². The largest absolute Gasteiger partial charge is 0.322 e. The van der Waals surface area contributed by atoms with Crippen LogP contribution in [0.25, 0.3) is 0 Å². The van der Waals surface area contributed by atoms with Crippen molar-refractivity contribution in [1.29, 1.82) is 0 Å². The third-order valence-corrected chi connectivity index (χ3v) is 4.32. The second-order valence-electron chi connectivity index (χ2n) is 5.66. The molecule has 4 nitrogen and oxygen atoms in total. The fourth-order valence-electron chi connectivity index (χ4n) is 3.07. The maximum absolute atomic E-state index is 12.3. The van der Waals surface area contributed by atoms with Gasteiger partial charge in [0.25, 0.3) is 0 Å². The average molecular weight is 253 g/mol. The van der Waals surface area contributed by atoms with Gasteiger partial charge in [-0.15, -0.1) is 0 Å². The Morgan fingerprint density at radius 2 is 2.28 bits per heavy atom. The Morgan fingerprint density at radius 3 is 2.94 bits per heavy atom. The fourth-order valence-corrected chi connectivity index (χ4v) is 3.07. The molecule has 0 spiro atoms. The number of carbonyl (C=O) groups is 1. The van der Waals surface area contributed by atoms with Gasteiger partial charge >= 0.3 is 6.03 Å². The minimum atomic E-state index is 0.274. The molecule has 0 radical (unpaired) electrons. The van der Waals surface area contributed by atoms with Gasteiger partial charge in [-0.1, -0.05) is 33.1 Å². The van der Waals surface area contributed by atoms with Crippen molar-refractivity contribution >= 4 is 6.03 Å². The van der Waals surface area contributed by atoms with Crippen LogP contribution in [0.5, 0.6) is 0 Å². The van der Waals surface area contributed by atoms with Crippen LogP contribution < -0.4 is 5.32 Å². The smallest absolute Gasteiger partial charge is 0.320 e. The number of amides is 2. The summed E-state index contributed by atoms with van der Waals surface area (Å²) >= 11 is 0. The van der Waals surface area contributed by atoms with E-state index in [4.69, 9.17) is 0 Å². The van der Waals surface area contributed by atoms with Crippen LogP contribution in [0.3, 0.4) is 0 Å².